The van der Waals surface area contributed by atoms with Crippen LogP contribution in [0.1, 0.15) is 81.5 Å². The Morgan fingerprint density at radius 3 is 2.30 bits per heavy atom. The van der Waals surface area contributed by atoms with E-state index in [-0.39, 0.29) is 28.5 Å². The van der Waals surface area contributed by atoms with Crippen molar-refractivity contribution < 1.29 is 13.8 Å². The second kappa shape index (κ2) is 8.09. The van der Waals surface area contributed by atoms with Crippen LogP contribution in [0.25, 0.3) is 0 Å². The van der Waals surface area contributed by atoms with E-state index in [1.807, 2.05) is 25.5 Å². The molecule has 2 fully saturated rings. The third-order valence-corrected chi connectivity index (χ3v) is 8.94. The summed E-state index contributed by atoms with van der Waals surface area (Å²) in [4.78, 5) is 27.8. The second-order valence-corrected chi connectivity index (χ2v) is 12.4. The summed E-state index contributed by atoms with van der Waals surface area (Å²) in [5.41, 5.74) is 1.60. The molecule has 0 aromatic carbocycles. The van der Waals surface area contributed by atoms with Crippen molar-refractivity contribution in [2.45, 2.75) is 79.2 Å². The molecule has 30 heavy (non-hydrogen) atoms. The summed E-state index contributed by atoms with van der Waals surface area (Å²) in [7, 11) is -2.62. The first-order valence-corrected chi connectivity index (χ1v) is 12.9. The minimum absolute atomic E-state index is 0.0699. The zero-order valence-corrected chi connectivity index (χ0v) is 20.1. The number of carbonyl (C=O) groups is 2. The van der Waals surface area contributed by atoms with E-state index in [1.165, 1.54) is 0 Å². The molecule has 1 aromatic rings. The Morgan fingerprint density at radius 1 is 1.13 bits per heavy atom. The number of nitrogens with zero attached hydrogens (tertiary/aromatic N) is 4. The van der Waals surface area contributed by atoms with Crippen LogP contribution >= 0.6 is 0 Å². The predicted molar refractivity (Wildman–Crippen MR) is 119 cm³/mol. The highest BCUT2D eigenvalue weighted by Gasteiger charge is 2.43. The molecule has 1 saturated carbocycles. The summed E-state index contributed by atoms with van der Waals surface area (Å²) in [6.45, 7) is 12.9. The number of aryl methyl sites for hydroxylation is 1. The van der Waals surface area contributed by atoms with Gasteiger partial charge >= 0.3 is 0 Å². The number of rotatable bonds is 3. The molecular formula is C22H36N4O3S. The molecule has 1 aliphatic carbocycles. The van der Waals surface area contributed by atoms with Crippen LogP contribution in [-0.4, -0.2) is 55.3 Å². The largest absolute Gasteiger partial charge is 0.338 e. The number of aromatic nitrogens is 2. The molecule has 168 valence electrons. The lowest BCUT2D eigenvalue weighted by atomic mass is 9.66. The molecule has 0 bridgehead atoms. The average Bonchev–Trinajstić information content (AvgIpc) is 2.78. The lowest BCUT2D eigenvalue weighted by Gasteiger charge is -2.37. The maximum atomic E-state index is 13.4. The third kappa shape index (κ3) is 4.20. The van der Waals surface area contributed by atoms with Crippen LogP contribution in [0.4, 0.5) is 0 Å². The van der Waals surface area contributed by atoms with Gasteiger partial charge in [-0.1, -0.05) is 13.3 Å². The Balaban J connectivity index is 1.80. The summed E-state index contributed by atoms with van der Waals surface area (Å²) < 4.78 is 19.5. The van der Waals surface area contributed by atoms with Gasteiger partial charge in [-0.3, -0.25) is 14.3 Å². The van der Waals surface area contributed by atoms with Gasteiger partial charge in [-0.2, -0.15) is 9.46 Å². The number of hydrogen-bond acceptors (Lipinski definition) is 4. The topological polar surface area (TPSA) is 84.6 Å². The molecular weight excluding hydrogens is 400 g/mol. The van der Waals surface area contributed by atoms with Crippen molar-refractivity contribution in [1.82, 2.24) is 14.7 Å². The van der Waals surface area contributed by atoms with E-state index in [1.54, 1.807) is 4.90 Å². The van der Waals surface area contributed by atoms with Crippen molar-refractivity contribution in [3.05, 3.63) is 17.0 Å². The normalized spacial score (nSPS) is 24.1. The molecule has 3 rings (SSSR count). The van der Waals surface area contributed by atoms with E-state index in [4.69, 9.17) is 0 Å². The van der Waals surface area contributed by atoms with Crippen LogP contribution < -0.4 is 0 Å². The van der Waals surface area contributed by atoms with Gasteiger partial charge in [-0.25, -0.2) is 4.21 Å². The molecule has 8 heteroatoms. The molecule has 0 radical (unpaired) electrons. The summed E-state index contributed by atoms with van der Waals surface area (Å²) in [6.07, 6.45) is 4.09. The molecule has 0 N–H and O–H groups in total. The molecule has 2 amide bonds. The van der Waals surface area contributed by atoms with Gasteiger partial charge in [0.25, 0.3) is 11.8 Å². The van der Waals surface area contributed by atoms with Crippen LogP contribution in [0.5, 0.6) is 0 Å². The number of hydrogen-bond donors (Lipinski definition) is 0. The van der Waals surface area contributed by atoms with Gasteiger partial charge in [0.15, 0.2) is 0 Å². The summed E-state index contributed by atoms with van der Waals surface area (Å²) in [6, 6.07) is 0. The maximum absolute atomic E-state index is 13.4. The first kappa shape index (κ1) is 23.0. The summed E-state index contributed by atoms with van der Waals surface area (Å²) in [5, 5.41) is 4.59. The zero-order chi connectivity index (χ0) is 22.3. The smallest absolute Gasteiger partial charge is 0.259 e. The average molecular weight is 437 g/mol. The van der Waals surface area contributed by atoms with E-state index < -0.39 is 9.73 Å². The van der Waals surface area contributed by atoms with Crippen LogP contribution in [0.3, 0.4) is 0 Å². The van der Waals surface area contributed by atoms with Crippen molar-refractivity contribution >= 4 is 21.5 Å². The Bertz CT molecular complexity index is 954. The molecule has 2 heterocycles. The Labute approximate surface area is 180 Å². The van der Waals surface area contributed by atoms with Gasteiger partial charge in [0.05, 0.1) is 31.9 Å². The van der Waals surface area contributed by atoms with Gasteiger partial charge in [-0.15, -0.1) is 0 Å². The Kier molecular flexibility index (Phi) is 6.20. The predicted octanol–water partition coefficient (Wildman–Crippen LogP) is 3.68. The minimum Gasteiger partial charge on any atom is -0.338 e. The fourth-order valence-corrected chi connectivity index (χ4v) is 6.54. The molecule has 1 saturated heterocycles. The highest BCUT2D eigenvalue weighted by molar-refractivity contribution is 7.93. The first-order chi connectivity index (χ1) is 13.9. The lowest BCUT2D eigenvalue weighted by molar-refractivity contribution is -0.132. The maximum Gasteiger partial charge on any atom is 0.259 e. The first-order valence-electron chi connectivity index (χ1n) is 11.1. The molecule has 1 aromatic heterocycles. The standard InChI is InChI=1S/C22H36N4O3S/c1-7-22(10-8-11-22)20(28)24-30(29)14-9-12-25(13-15-30)19(27)18-16(2)23-26(17(18)3)21(4,5)6/h7-15H2,1-6H3. The number of carbonyl (C=O) groups excluding carboxylic acids is 2. The van der Waals surface area contributed by atoms with Crippen LogP contribution in [0.2, 0.25) is 0 Å². The third-order valence-electron chi connectivity index (χ3n) is 6.69. The fourth-order valence-electron chi connectivity index (χ4n) is 4.58. The van der Waals surface area contributed by atoms with Crippen molar-refractivity contribution in [3.63, 3.8) is 0 Å². The highest BCUT2D eigenvalue weighted by atomic mass is 32.2. The van der Waals surface area contributed by atoms with Gasteiger partial charge < -0.3 is 4.90 Å². The van der Waals surface area contributed by atoms with Gasteiger partial charge in [-0.05, 0) is 60.3 Å². The fraction of sp³-hybridized carbons (Fsp3) is 0.773. The molecule has 1 atom stereocenters. The molecule has 1 aliphatic heterocycles. The van der Waals surface area contributed by atoms with Crippen molar-refractivity contribution in [2.24, 2.45) is 9.78 Å². The quantitative estimate of drug-likeness (QED) is 0.723. The van der Waals surface area contributed by atoms with Crippen LogP contribution in [0.15, 0.2) is 4.36 Å². The van der Waals surface area contributed by atoms with Crippen molar-refractivity contribution in [1.29, 1.82) is 0 Å². The monoisotopic (exact) mass is 436 g/mol. The Morgan fingerprint density at radius 2 is 1.80 bits per heavy atom. The SMILES string of the molecule is CCC1(C(=O)N=S2(=O)CCCN(C(=O)c3c(C)nn(C(C)(C)C)c3C)CC2)CCC1. The summed E-state index contributed by atoms with van der Waals surface area (Å²) >= 11 is 0. The highest BCUT2D eigenvalue weighted by Crippen LogP contribution is 2.45. The van der Waals surface area contributed by atoms with Crippen LogP contribution in [0, 0.1) is 19.3 Å². The molecule has 0 spiro atoms. The van der Waals surface area contributed by atoms with E-state index in [0.29, 0.717) is 36.5 Å². The van der Waals surface area contributed by atoms with E-state index in [0.717, 1.165) is 31.4 Å². The van der Waals surface area contributed by atoms with Crippen molar-refractivity contribution in [3.8, 4) is 0 Å². The Hall–Kier alpha value is -1.70. The lowest BCUT2D eigenvalue weighted by Crippen LogP contribution is -2.37. The van der Waals surface area contributed by atoms with Gasteiger partial charge in [0.2, 0.25) is 0 Å². The molecule has 2 aliphatic rings. The molecule has 7 nitrogen and oxygen atoms in total. The van der Waals surface area contributed by atoms with Gasteiger partial charge in [0, 0.05) is 30.3 Å². The summed E-state index contributed by atoms with van der Waals surface area (Å²) in [5.74, 6) is 0.385. The van der Waals surface area contributed by atoms with Crippen LogP contribution in [-0.2, 0) is 20.1 Å². The second-order valence-electron chi connectivity index (χ2n) is 9.84. The van der Waals surface area contributed by atoms with E-state index >= 15 is 0 Å². The molecule has 1 unspecified atom stereocenters. The number of amides is 2. The van der Waals surface area contributed by atoms with Gasteiger partial charge in [0.1, 0.15) is 0 Å². The van der Waals surface area contributed by atoms with E-state index in [9.17, 15) is 13.8 Å². The minimum atomic E-state index is -2.62. The van der Waals surface area contributed by atoms with E-state index in [2.05, 4.69) is 30.2 Å². The van der Waals surface area contributed by atoms with Crippen molar-refractivity contribution in [2.75, 3.05) is 24.6 Å². The zero-order valence-electron chi connectivity index (χ0n) is 19.3.